The number of carbonyl (C=O) groups is 1. The fourth-order valence-corrected chi connectivity index (χ4v) is 2.58. The number of nitrogens with zero attached hydrogens (tertiary/aromatic N) is 2. The summed E-state index contributed by atoms with van der Waals surface area (Å²) in [4.78, 5) is 16.5. The van der Waals surface area contributed by atoms with Gasteiger partial charge in [-0.1, -0.05) is 0 Å². The minimum atomic E-state index is -0.0866. The van der Waals surface area contributed by atoms with Crippen molar-refractivity contribution in [1.29, 1.82) is 5.41 Å². The molecule has 0 bridgehead atoms. The molecule has 0 aliphatic carbocycles. The summed E-state index contributed by atoms with van der Waals surface area (Å²) < 4.78 is 0. The molecule has 1 aliphatic heterocycles. The molecule has 1 atom stereocenters. The highest BCUT2D eigenvalue weighted by Gasteiger charge is 2.40. The summed E-state index contributed by atoms with van der Waals surface area (Å²) in [6.45, 7) is 9.75. The van der Waals surface area contributed by atoms with Gasteiger partial charge in [0.05, 0.1) is 17.3 Å². The third kappa shape index (κ3) is 2.71. The first-order valence-electron chi connectivity index (χ1n) is 6.94. The van der Waals surface area contributed by atoms with E-state index in [1.54, 1.807) is 11.8 Å². The molecule has 1 heterocycles. The van der Waals surface area contributed by atoms with Crippen LogP contribution in [-0.2, 0) is 4.79 Å². The molecule has 0 fully saturated rings. The largest absolute Gasteiger partial charge is 0.393 e. The third-order valence-corrected chi connectivity index (χ3v) is 3.73. The predicted molar refractivity (Wildman–Crippen MR) is 82.5 cm³/mol. The highest BCUT2D eigenvalue weighted by atomic mass is 16.2. The zero-order valence-electron chi connectivity index (χ0n) is 13.5. The summed E-state index contributed by atoms with van der Waals surface area (Å²) in [5.74, 6) is -0.0866. The van der Waals surface area contributed by atoms with E-state index in [1.807, 2.05) is 34.1 Å². The number of carbonyl (C=O) groups excluding carboxylic acids is 1. The second-order valence-electron chi connectivity index (χ2n) is 5.52. The molecule has 0 aromatic rings. The Labute approximate surface area is 121 Å². The average Bonchev–Trinajstić information content (AvgIpc) is 2.60. The van der Waals surface area contributed by atoms with Gasteiger partial charge in [-0.05, 0) is 34.6 Å². The molecule has 1 unspecified atom stereocenters. The third-order valence-electron chi connectivity index (χ3n) is 3.73. The van der Waals surface area contributed by atoms with Gasteiger partial charge in [0.2, 0.25) is 0 Å². The molecule has 5 nitrogen and oxygen atoms in total. The van der Waals surface area contributed by atoms with Crippen molar-refractivity contribution in [2.24, 2.45) is 0 Å². The number of likely N-dealkylation sites (N-methyl/N-ethyl adjacent to an activating group) is 1. The molecule has 20 heavy (non-hydrogen) atoms. The molecule has 0 aromatic carbocycles. The van der Waals surface area contributed by atoms with Crippen LogP contribution in [0.15, 0.2) is 23.2 Å². The number of hydrogen-bond acceptors (Lipinski definition) is 4. The van der Waals surface area contributed by atoms with Crippen molar-refractivity contribution in [1.82, 2.24) is 15.1 Å². The minimum Gasteiger partial charge on any atom is -0.393 e. The summed E-state index contributed by atoms with van der Waals surface area (Å²) >= 11 is 0. The number of hydrogen-bond donors (Lipinski definition) is 2. The van der Waals surface area contributed by atoms with E-state index in [0.29, 0.717) is 11.3 Å². The van der Waals surface area contributed by atoms with E-state index in [4.69, 9.17) is 5.41 Å². The highest BCUT2D eigenvalue weighted by molar-refractivity contribution is 6.22. The molecular weight excluding hydrogens is 252 g/mol. The van der Waals surface area contributed by atoms with E-state index >= 15 is 0 Å². The molecule has 112 valence electrons. The van der Waals surface area contributed by atoms with Gasteiger partial charge in [0, 0.05) is 37.7 Å². The smallest absolute Gasteiger partial charge is 0.262 e. The maximum absolute atomic E-state index is 12.6. The second kappa shape index (κ2) is 6.11. The molecule has 0 spiro atoms. The van der Waals surface area contributed by atoms with Crippen LogP contribution in [-0.4, -0.2) is 47.6 Å². The fourth-order valence-electron chi connectivity index (χ4n) is 2.58. The Morgan fingerprint density at radius 1 is 1.45 bits per heavy atom. The summed E-state index contributed by atoms with van der Waals surface area (Å²) in [5, 5.41) is 10.9. The first kappa shape index (κ1) is 16.3. The fraction of sp³-hybridized carbons (Fsp3) is 0.600. The molecular formula is C15H26N4O. The summed E-state index contributed by atoms with van der Waals surface area (Å²) in [5.41, 5.74) is 2.64. The molecule has 0 saturated carbocycles. The molecule has 2 N–H and O–H groups in total. The lowest BCUT2D eigenvalue weighted by atomic mass is 10.1. The minimum absolute atomic E-state index is 0.0604. The number of rotatable bonds is 5. The lowest BCUT2D eigenvalue weighted by Gasteiger charge is -2.31. The zero-order chi connectivity index (χ0) is 15.6. The lowest BCUT2D eigenvalue weighted by molar-refractivity contribution is -0.124. The van der Waals surface area contributed by atoms with Crippen molar-refractivity contribution in [3.63, 3.8) is 0 Å². The van der Waals surface area contributed by atoms with Gasteiger partial charge in [-0.25, -0.2) is 0 Å². The quantitative estimate of drug-likeness (QED) is 0.756. The van der Waals surface area contributed by atoms with Gasteiger partial charge in [0.1, 0.15) is 0 Å². The topological polar surface area (TPSA) is 59.4 Å². The maximum Gasteiger partial charge on any atom is 0.262 e. The van der Waals surface area contributed by atoms with E-state index in [0.717, 1.165) is 11.4 Å². The number of nitrogens with one attached hydrogen (secondary N) is 2. The average molecular weight is 278 g/mol. The van der Waals surface area contributed by atoms with Crippen LogP contribution in [0.4, 0.5) is 0 Å². The van der Waals surface area contributed by atoms with E-state index in [-0.39, 0.29) is 18.0 Å². The normalized spacial score (nSPS) is 20.0. The Morgan fingerprint density at radius 2 is 2.00 bits per heavy atom. The van der Waals surface area contributed by atoms with Crippen molar-refractivity contribution < 1.29 is 4.79 Å². The van der Waals surface area contributed by atoms with Crippen LogP contribution in [0.5, 0.6) is 0 Å². The molecule has 0 radical (unpaired) electrons. The van der Waals surface area contributed by atoms with Gasteiger partial charge < -0.3 is 20.5 Å². The Bertz CT molecular complexity index is 476. The zero-order valence-corrected chi connectivity index (χ0v) is 13.5. The molecule has 1 rings (SSSR count). The van der Waals surface area contributed by atoms with Crippen LogP contribution in [0.3, 0.4) is 0 Å². The Kier molecular flexibility index (Phi) is 4.98. The summed E-state index contributed by atoms with van der Waals surface area (Å²) in [7, 11) is 3.79. The maximum atomic E-state index is 12.6. The molecule has 0 saturated heterocycles. The van der Waals surface area contributed by atoms with E-state index in [9.17, 15) is 4.79 Å². The van der Waals surface area contributed by atoms with Crippen LogP contribution in [0.2, 0.25) is 0 Å². The van der Waals surface area contributed by atoms with Crippen LogP contribution >= 0.6 is 0 Å². The van der Waals surface area contributed by atoms with Gasteiger partial charge >= 0.3 is 0 Å². The van der Waals surface area contributed by atoms with E-state index in [1.165, 1.54) is 0 Å². The van der Waals surface area contributed by atoms with Crippen molar-refractivity contribution in [3.05, 3.63) is 23.2 Å². The van der Waals surface area contributed by atoms with Crippen molar-refractivity contribution >= 4 is 11.6 Å². The SMILES string of the molecule is CN/C=C(\C)N1C(=O)C(C(C)=N)=C(N(C)C(C)C)C1C. The van der Waals surface area contributed by atoms with Crippen molar-refractivity contribution in [3.8, 4) is 0 Å². The first-order valence-corrected chi connectivity index (χ1v) is 6.94. The van der Waals surface area contributed by atoms with Crippen LogP contribution in [0, 0.1) is 5.41 Å². The number of amides is 1. The summed E-state index contributed by atoms with van der Waals surface area (Å²) in [6, 6.07) is 0.220. The molecule has 0 aromatic heterocycles. The van der Waals surface area contributed by atoms with Crippen LogP contribution in [0.25, 0.3) is 0 Å². The van der Waals surface area contributed by atoms with Crippen LogP contribution < -0.4 is 5.32 Å². The van der Waals surface area contributed by atoms with Gasteiger partial charge in [-0.2, -0.15) is 0 Å². The Balaban J connectivity index is 3.33. The monoisotopic (exact) mass is 278 g/mol. The van der Waals surface area contributed by atoms with Crippen molar-refractivity contribution in [2.45, 2.75) is 46.7 Å². The molecule has 5 heteroatoms. The summed E-state index contributed by atoms with van der Waals surface area (Å²) in [6.07, 6.45) is 1.81. The van der Waals surface area contributed by atoms with E-state index in [2.05, 4.69) is 24.1 Å². The standard InChI is InChI=1S/C15H26N4O/c1-9(2)18(7)14-12(5)19(10(3)8-17-6)15(20)13(14)11(4)16/h8-9,12,16-17H,1-7H3/b10-8+,16-11?. The first-order chi connectivity index (χ1) is 9.23. The Hall–Kier alpha value is -1.78. The van der Waals surface area contributed by atoms with Crippen molar-refractivity contribution in [2.75, 3.05) is 14.1 Å². The van der Waals surface area contributed by atoms with E-state index < -0.39 is 0 Å². The number of allylic oxidation sites excluding steroid dienone is 1. The van der Waals surface area contributed by atoms with Gasteiger partial charge in [-0.15, -0.1) is 0 Å². The molecule has 1 aliphatic rings. The lowest BCUT2D eigenvalue weighted by Crippen LogP contribution is -2.37. The van der Waals surface area contributed by atoms with Gasteiger partial charge in [0.25, 0.3) is 5.91 Å². The molecule has 1 amide bonds. The van der Waals surface area contributed by atoms with Gasteiger partial charge in [0.15, 0.2) is 0 Å². The Morgan fingerprint density at radius 3 is 2.40 bits per heavy atom. The predicted octanol–water partition coefficient (Wildman–Crippen LogP) is 1.93. The second-order valence-corrected chi connectivity index (χ2v) is 5.52. The highest BCUT2D eigenvalue weighted by Crippen LogP contribution is 2.32. The van der Waals surface area contributed by atoms with Gasteiger partial charge in [-0.3, -0.25) is 4.79 Å². The van der Waals surface area contributed by atoms with Crippen LogP contribution in [0.1, 0.15) is 34.6 Å².